The third kappa shape index (κ3) is 4.21. The molecule has 1 aromatic rings. The second-order valence-corrected chi connectivity index (χ2v) is 6.64. The normalized spacial score (nSPS) is 18.0. The predicted octanol–water partition coefficient (Wildman–Crippen LogP) is 3.34. The molecular formula is C17H22FNO4. The number of methoxy groups -OCH3 is 1. The maximum Gasteiger partial charge on any atom is 0.410 e. The number of carbonyl (C=O) groups is 2. The molecule has 0 aromatic heterocycles. The summed E-state index contributed by atoms with van der Waals surface area (Å²) in [7, 11) is 1.22. The Morgan fingerprint density at radius 2 is 2.00 bits per heavy atom. The highest BCUT2D eigenvalue weighted by molar-refractivity contribution is 5.89. The highest BCUT2D eigenvalue weighted by Crippen LogP contribution is 2.29. The predicted molar refractivity (Wildman–Crippen MR) is 82.9 cm³/mol. The molecule has 1 amide bonds. The Balaban J connectivity index is 2.10. The van der Waals surface area contributed by atoms with Crippen molar-refractivity contribution in [2.24, 2.45) is 0 Å². The Morgan fingerprint density at radius 3 is 2.61 bits per heavy atom. The van der Waals surface area contributed by atoms with Crippen LogP contribution in [0.3, 0.4) is 0 Å². The number of benzene rings is 1. The Bertz CT molecular complexity index is 609. The summed E-state index contributed by atoms with van der Waals surface area (Å²) in [5.41, 5.74) is 0.196. The van der Waals surface area contributed by atoms with Crippen molar-refractivity contribution in [2.75, 3.05) is 20.2 Å². The van der Waals surface area contributed by atoms with E-state index in [1.807, 2.05) is 20.8 Å². The van der Waals surface area contributed by atoms with E-state index in [0.717, 1.165) is 12.0 Å². The van der Waals surface area contributed by atoms with Crippen LogP contribution in [-0.2, 0) is 9.47 Å². The molecule has 0 spiro atoms. The van der Waals surface area contributed by atoms with Gasteiger partial charge in [-0.05, 0) is 44.9 Å². The molecule has 1 aliphatic heterocycles. The van der Waals surface area contributed by atoms with Gasteiger partial charge in [0.25, 0.3) is 0 Å². The van der Waals surface area contributed by atoms with Gasteiger partial charge in [0.1, 0.15) is 11.4 Å². The first-order valence-corrected chi connectivity index (χ1v) is 7.57. The molecule has 23 heavy (non-hydrogen) atoms. The van der Waals surface area contributed by atoms with Gasteiger partial charge in [-0.1, -0.05) is 6.07 Å². The number of likely N-dealkylation sites (tertiary alicyclic amines) is 1. The Kier molecular flexibility index (Phi) is 4.92. The van der Waals surface area contributed by atoms with Gasteiger partial charge in [0.15, 0.2) is 0 Å². The van der Waals surface area contributed by atoms with Crippen LogP contribution in [-0.4, -0.2) is 42.8 Å². The summed E-state index contributed by atoms with van der Waals surface area (Å²) in [4.78, 5) is 25.3. The first kappa shape index (κ1) is 17.2. The third-order valence-electron chi connectivity index (χ3n) is 3.71. The molecule has 1 fully saturated rings. The number of esters is 1. The highest BCUT2D eigenvalue weighted by atomic mass is 19.1. The lowest BCUT2D eigenvalue weighted by atomic mass is 9.96. The minimum absolute atomic E-state index is 0.0477. The quantitative estimate of drug-likeness (QED) is 0.783. The van der Waals surface area contributed by atoms with Gasteiger partial charge in [-0.15, -0.1) is 0 Å². The molecule has 0 saturated carbocycles. The van der Waals surface area contributed by atoms with Gasteiger partial charge in [0, 0.05) is 19.0 Å². The Morgan fingerprint density at radius 1 is 1.30 bits per heavy atom. The molecule has 1 saturated heterocycles. The molecule has 1 atom stereocenters. The van der Waals surface area contributed by atoms with Crippen LogP contribution in [0.4, 0.5) is 9.18 Å². The highest BCUT2D eigenvalue weighted by Gasteiger charge is 2.31. The first-order valence-electron chi connectivity index (χ1n) is 7.57. The van der Waals surface area contributed by atoms with Gasteiger partial charge < -0.3 is 14.4 Å². The lowest BCUT2D eigenvalue weighted by Gasteiger charge is -2.24. The summed E-state index contributed by atoms with van der Waals surface area (Å²) in [5.74, 6) is -1.26. The van der Waals surface area contributed by atoms with Gasteiger partial charge in [0.05, 0.1) is 12.7 Å². The lowest BCUT2D eigenvalue weighted by molar-refractivity contribution is 0.0292. The van der Waals surface area contributed by atoms with Gasteiger partial charge in [-0.2, -0.15) is 0 Å². The van der Waals surface area contributed by atoms with Crippen LogP contribution in [0.2, 0.25) is 0 Å². The number of halogens is 1. The molecule has 1 unspecified atom stereocenters. The molecule has 5 nitrogen and oxygen atoms in total. The van der Waals surface area contributed by atoms with Crippen molar-refractivity contribution < 1.29 is 23.5 Å². The van der Waals surface area contributed by atoms with Gasteiger partial charge in [-0.3, -0.25) is 0 Å². The second kappa shape index (κ2) is 6.56. The monoisotopic (exact) mass is 323 g/mol. The molecule has 1 heterocycles. The number of hydrogen-bond acceptors (Lipinski definition) is 4. The van der Waals surface area contributed by atoms with Crippen LogP contribution in [0.5, 0.6) is 0 Å². The molecule has 1 aromatic carbocycles. The zero-order chi connectivity index (χ0) is 17.2. The summed E-state index contributed by atoms with van der Waals surface area (Å²) in [6.07, 6.45) is 0.390. The fraction of sp³-hybridized carbons (Fsp3) is 0.529. The average molecular weight is 323 g/mol. The van der Waals surface area contributed by atoms with E-state index in [1.165, 1.54) is 19.2 Å². The summed E-state index contributed by atoms with van der Waals surface area (Å²) in [6.45, 7) is 6.52. The van der Waals surface area contributed by atoms with Crippen molar-refractivity contribution >= 4 is 12.1 Å². The number of amides is 1. The Labute approximate surface area is 135 Å². The van der Waals surface area contributed by atoms with Gasteiger partial charge in [-0.25, -0.2) is 14.0 Å². The zero-order valence-electron chi connectivity index (χ0n) is 13.9. The molecule has 0 aliphatic carbocycles. The molecule has 126 valence electrons. The third-order valence-corrected chi connectivity index (χ3v) is 3.71. The van der Waals surface area contributed by atoms with Gasteiger partial charge in [0.2, 0.25) is 0 Å². The summed E-state index contributed by atoms with van der Waals surface area (Å²) >= 11 is 0. The first-order chi connectivity index (χ1) is 10.7. The molecule has 0 radical (unpaired) electrons. The van der Waals surface area contributed by atoms with Crippen LogP contribution in [0.15, 0.2) is 18.2 Å². The molecule has 0 bridgehead atoms. The fourth-order valence-electron chi connectivity index (χ4n) is 2.59. The smallest absolute Gasteiger partial charge is 0.410 e. The fourth-order valence-corrected chi connectivity index (χ4v) is 2.59. The van der Waals surface area contributed by atoms with Crippen LogP contribution in [0.1, 0.15) is 49.0 Å². The zero-order valence-corrected chi connectivity index (χ0v) is 13.9. The van der Waals surface area contributed by atoms with Crippen LogP contribution in [0, 0.1) is 5.82 Å². The maximum atomic E-state index is 13.7. The SMILES string of the molecule is COC(=O)c1cc(C2CCN(C(=O)OC(C)(C)C)C2)ccc1F. The molecule has 0 N–H and O–H groups in total. The number of ether oxygens (including phenoxy) is 2. The van der Waals surface area contributed by atoms with Crippen molar-refractivity contribution in [1.82, 2.24) is 4.90 Å². The van der Waals surface area contributed by atoms with E-state index >= 15 is 0 Å². The largest absolute Gasteiger partial charge is 0.465 e. The van der Waals surface area contributed by atoms with E-state index in [1.54, 1.807) is 11.0 Å². The van der Waals surface area contributed by atoms with Gasteiger partial charge >= 0.3 is 12.1 Å². The van der Waals surface area contributed by atoms with E-state index in [2.05, 4.69) is 4.74 Å². The molecule has 6 heteroatoms. The van der Waals surface area contributed by atoms with Crippen molar-refractivity contribution in [3.63, 3.8) is 0 Å². The topological polar surface area (TPSA) is 55.8 Å². The summed E-state index contributed by atoms with van der Waals surface area (Å²) in [5, 5.41) is 0. The standard InChI is InChI=1S/C17H22FNO4/c1-17(2,3)23-16(21)19-8-7-12(10-19)11-5-6-14(18)13(9-11)15(20)22-4/h5-6,9,12H,7-8,10H2,1-4H3. The van der Waals surface area contributed by atoms with Crippen molar-refractivity contribution in [3.8, 4) is 0 Å². The number of rotatable bonds is 2. The van der Waals surface area contributed by atoms with Crippen molar-refractivity contribution in [1.29, 1.82) is 0 Å². The van der Waals surface area contributed by atoms with E-state index in [9.17, 15) is 14.0 Å². The summed E-state index contributed by atoms with van der Waals surface area (Å²) < 4.78 is 23.6. The number of carbonyl (C=O) groups excluding carboxylic acids is 2. The van der Waals surface area contributed by atoms with Crippen molar-refractivity contribution in [3.05, 3.63) is 35.1 Å². The number of hydrogen-bond donors (Lipinski definition) is 0. The molecule has 1 aliphatic rings. The molecular weight excluding hydrogens is 301 g/mol. The van der Waals surface area contributed by atoms with Crippen LogP contribution in [0.25, 0.3) is 0 Å². The minimum Gasteiger partial charge on any atom is -0.465 e. The lowest BCUT2D eigenvalue weighted by Crippen LogP contribution is -2.35. The van der Waals surface area contributed by atoms with E-state index < -0.39 is 17.4 Å². The van der Waals surface area contributed by atoms with E-state index in [4.69, 9.17) is 4.74 Å². The number of nitrogens with zero attached hydrogens (tertiary/aromatic N) is 1. The van der Waals surface area contributed by atoms with Crippen LogP contribution >= 0.6 is 0 Å². The average Bonchev–Trinajstić information content (AvgIpc) is 2.95. The maximum absolute atomic E-state index is 13.7. The second-order valence-electron chi connectivity index (χ2n) is 6.64. The minimum atomic E-state index is -0.702. The summed E-state index contributed by atoms with van der Waals surface area (Å²) in [6, 6.07) is 4.41. The van der Waals surface area contributed by atoms with E-state index in [0.29, 0.717) is 13.1 Å². The van der Waals surface area contributed by atoms with E-state index in [-0.39, 0.29) is 17.6 Å². The van der Waals surface area contributed by atoms with Crippen LogP contribution < -0.4 is 0 Å². The Hall–Kier alpha value is -2.11. The molecule has 2 rings (SSSR count). The van der Waals surface area contributed by atoms with Crippen molar-refractivity contribution in [2.45, 2.75) is 38.7 Å².